The van der Waals surface area contributed by atoms with E-state index in [4.69, 9.17) is 0 Å². The number of benzene rings is 3. The first-order chi connectivity index (χ1) is 18.7. The Labute approximate surface area is 228 Å². The SMILES string of the molecule is O=C(Nc1ccc(-n2cnn(C[C@@](O)(Cn3cncn3)c3ccc(F)cc3F)c2=O)cc1)c1ccccc1Br. The topological polar surface area (TPSA) is 120 Å². The number of rotatable bonds is 8. The summed E-state index contributed by atoms with van der Waals surface area (Å²) in [6, 6.07) is 16.3. The minimum absolute atomic E-state index is 0.231. The average Bonchev–Trinajstić information content (AvgIpc) is 3.54. The van der Waals surface area contributed by atoms with Crippen LogP contribution in [0.1, 0.15) is 15.9 Å². The molecule has 198 valence electrons. The highest BCUT2D eigenvalue weighted by atomic mass is 79.9. The summed E-state index contributed by atoms with van der Waals surface area (Å²) in [4.78, 5) is 29.6. The lowest BCUT2D eigenvalue weighted by molar-refractivity contribution is -0.00948. The minimum atomic E-state index is -2.02. The fourth-order valence-electron chi connectivity index (χ4n) is 4.09. The van der Waals surface area contributed by atoms with E-state index in [0.717, 1.165) is 16.8 Å². The first-order valence-corrected chi connectivity index (χ1v) is 12.3. The van der Waals surface area contributed by atoms with Crippen LogP contribution in [0, 0.1) is 11.6 Å². The molecule has 0 aliphatic carbocycles. The molecule has 39 heavy (non-hydrogen) atoms. The molecule has 0 aliphatic rings. The van der Waals surface area contributed by atoms with Crippen LogP contribution < -0.4 is 11.0 Å². The van der Waals surface area contributed by atoms with E-state index in [1.165, 1.54) is 28.2 Å². The second kappa shape index (κ2) is 10.7. The molecule has 0 unspecified atom stereocenters. The summed E-state index contributed by atoms with van der Waals surface area (Å²) in [7, 11) is 0. The van der Waals surface area contributed by atoms with Crippen LogP contribution >= 0.6 is 15.9 Å². The van der Waals surface area contributed by atoms with Gasteiger partial charge in [-0.05, 0) is 58.4 Å². The van der Waals surface area contributed by atoms with Crippen molar-refractivity contribution >= 4 is 27.5 Å². The summed E-state index contributed by atoms with van der Waals surface area (Å²) in [5, 5.41) is 22.3. The third kappa shape index (κ3) is 5.54. The standard InChI is InChI=1S/C26H20BrF2N7O3/c27-22-4-2-1-3-20(22)24(37)33-18-6-8-19(9-7-18)35-16-32-36(25(35)38)13-26(39,12-34-15-30-14-31-34)21-10-5-17(28)11-23(21)29/h1-11,14-16,39H,12-13H2,(H,33,37)/t26-/m0/s1. The number of halogens is 3. The monoisotopic (exact) mass is 595 g/mol. The van der Waals surface area contributed by atoms with Crippen LogP contribution in [0.4, 0.5) is 14.5 Å². The Balaban J connectivity index is 1.39. The highest BCUT2D eigenvalue weighted by Crippen LogP contribution is 2.28. The number of carbonyl (C=O) groups excluding carboxylic acids is 1. The van der Waals surface area contributed by atoms with Crippen molar-refractivity contribution in [1.82, 2.24) is 29.1 Å². The molecule has 0 fully saturated rings. The van der Waals surface area contributed by atoms with Crippen molar-refractivity contribution in [3.63, 3.8) is 0 Å². The van der Waals surface area contributed by atoms with Gasteiger partial charge in [0.05, 0.1) is 24.3 Å². The second-order valence-electron chi connectivity index (χ2n) is 8.67. The van der Waals surface area contributed by atoms with Gasteiger partial charge in [0.15, 0.2) is 0 Å². The number of aromatic nitrogens is 6. The number of aliphatic hydroxyl groups is 1. The number of hydrogen-bond acceptors (Lipinski definition) is 6. The van der Waals surface area contributed by atoms with Gasteiger partial charge in [0.25, 0.3) is 5.91 Å². The first-order valence-electron chi connectivity index (χ1n) is 11.5. The first kappa shape index (κ1) is 26.1. The van der Waals surface area contributed by atoms with Gasteiger partial charge in [-0.15, -0.1) is 0 Å². The lowest BCUT2D eigenvalue weighted by Crippen LogP contribution is -2.41. The molecule has 2 N–H and O–H groups in total. The number of amides is 1. The van der Waals surface area contributed by atoms with Gasteiger partial charge >= 0.3 is 5.69 Å². The molecule has 2 aromatic heterocycles. The van der Waals surface area contributed by atoms with Gasteiger partial charge < -0.3 is 10.4 Å². The molecule has 0 saturated carbocycles. The number of carbonyl (C=O) groups is 1. The number of anilines is 1. The second-order valence-corrected chi connectivity index (χ2v) is 9.53. The molecule has 2 heterocycles. The number of hydrogen-bond donors (Lipinski definition) is 2. The molecule has 0 bridgehead atoms. The van der Waals surface area contributed by atoms with Crippen molar-refractivity contribution in [3.05, 3.63) is 123 Å². The Kier molecular flexibility index (Phi) is 7.17. The number of nitrogens with one attached hydrogen (secondary N) is 1. The van der Waals surface area contributed by atoms with Gasteiger partial charge in [-0.2, -0.15) is 10.2 Å². The largest absolute Gasteiger partial charge is 0.381 e. The van der Waals surface area contributed by atoms with Crippen molar-refractivity contribution in [3.8, 4) is 5.69 Å². The van der Waals surface area contributed by atoms with E-state index in [1.807, 2.05) is 0 Å². The van der Waals surface area contributed by atoms with Gasteiger partial charge in [-0.1, -0.05) is 18.2 Å². The molecular formula is C26H20BrF2N7O3. The molecule has 5 rings (SSSR count). The van der Waals surface area contributed by atoms with Gasteiger partial charge in [0.2, 0.25) is 0 Å². The normalized spacial score (nSPS) is 12.7. The van der Waals surface area contributed by atoms with Crippen LogP contribution in [-0.4, -0.2) is 40.1 Å². The summed E-state index contributed by atoms with van der Waals surface area (Å²) >= 11 is 3.35. The van der Waals surface area contributed by atoms with Crippen LogP contribution in [-0.2, 0) is 18.7 Å². The molecule has 0 spiro atoms. The Morgan fingerprint density at radius 1 is 1.00 bits per heavy atom. The quantitative estimate of drug-likeness (QED) is 0.283. The van der Waals surface area contributed by atoms with Crippen LogP contribution in [0.5, 0.6) is 0 Å². The molecule has 13 heteroatoms. The zero-order valence-corrected chi connectivity index (χ0v) is 21.7. The van der Waals surface area contributed by atoms with Crippen molar-refractivity contribution in [2.75, 3.05) is 5.32 Å². The highest BCUT2D eigenvalue weighted by molar-refractivity contribution is 9.10. The van der Waals surface area contributed by atoms with Crippen LogP contribution in [0.2, 0.25) is 0 Å². The predicted molar refractivity (Wildman–Crippen MR) is 140 cm³/mol. The molecule has 0 radical (unpaired) electrons. The molecule has 3 aromatic carbocycles. The maximum atomic E-state index is 14.7. The fraction of sp³-hybridized carbons (Fsp3) is 0.115. The fourth-order valence-corrected chi connectivity index (χ4v) is 4.55. The maximum absolute atomic E-state index is 14.7. The van der Waals surface area contributed by atoms with E-state index in [1.54, 1.807) is 48.5 Å². The third-order valence-electron chi connectivity index (χ3n) is 5.99. The van der Waals surface area contributed by atoms with Crippen molar-refractivity contribution in [2.45, 2.75) is 18.7 Å². The van der Waals surface area contributed by atoms with E-state index < -0.39 is 29.5 Å². The lowest BCUT2D eigenvalue weighted by atomic mass is 9.93. The Bertz CT molecular complexity index is 1690. The summed E-state index contributed by atoms with van der Waals surface area (Å²) < 4.78 is 32.4. The third-order valence-corrected chi connectivity index (χ3v) is 6.68. The van der Waals surface area contributed by atoms with Crippen LogP contribution in [0.3, 0.4) is 0 Å². The summed E-state index contributed by atoms with van der Waals surface area (Å²) in [6.07, 6.45) is 3.83. The highest BCUT2D eigenvalue weighted by Gasteiger charge is 2.35. The average molecular weight is 596 g/mol. The van der Waals surface area contributed by atoms with E-state index in [2.05, 4.69) is 36.4 Å². The summed E-state index contributed by atoms with van der Waals surface area (Å²) in [5.74, 6) is -2.10. The van der Waals surface area contributed by atoms with Crippen molar-refractivity contribution < 1.29 is 18.7 Å². The van der Waals surface area contributed by atoms with E-state index in [9.17, 15) is 23.5 Å². The van der Waals surface area contributed by atoms with Gasteiger partial charge in [-0.25, -0.2) is 32.5 Å². The number of nitrogens with zero attached hydrogens (tertiary/aromatic N) is 6. The predicted octanol–water partition coefficient (Wildman–Crippen LogP) is 3.51. The Hall–Kier alpha value is -4.49. The molecule has 10 nitrogen and oxygen atoms in total. The zero-order chi connectivity index (χ0) is 27.6. The minimum Gasteiger partial charge on any atom is -0.381 e. The van der Waals surface area contributed by atoms with Crippen molar-refractivity contribution in [2.24, 2.45) is 0 Å². The smallest absolute Gasteiger partial charge is 0.350 e. The Morgan fingerprint density at radius 3 is 2.46 bits per heavy atom. The van der Waals surface area contributed by atoms with E-state index in [-0.39, 0.29) is 18.0 Å². The summed E-state index contributed by atoms with van der Waals surface area (Å²) in [6.45, 7) is -0.734. The molecule has 1 amide bonds. The Morgan fingerprint density at radius 2 is 1.77 bits per heavy atom. The van der Waals surface area contributed by atoms with E-state index >= 15 is 0 Å². The molecule has 0 saturated heterocycles. The van der Waals surface area contributed by atoms with Gasteiger partial charge in [-0.3, -0.25) is 4.79 Å². The van der Waals surface area contributed by atoms with Gasteiger partial charge in [0, 0.05) is 21.8 Å². The van der Waals surface area contributed by atoms with Crippen molar-refractivity contribution in [1.29, 1.82) is 0 Å². The maximum Gasteiger partial charge on any atom is 0.350 e. The molecule has 1 atom stereocenters. The zero-order valence-electron chi connectivity index (χ0n) is 20.1. The molecular weight excluding hydrogens is 576 g/mol. The summed E-state index contributed by atoms with van der Waals surface area (Å²) in [5.41, 5.74) is -1.44. The van der Waals surface area contributed by atoms with Crippen LogP contribution in [0.25, 0.3) is 5.69 Å². The van der Waals surface area contributed by atoms with E-state index in [0.29, 0.717) is 27.5 Å². The van der Waals surface area contributed by atoms with Crippen LogP contribution in [0.15, 0.2) is 95.0 Å². The molecule has 0 aliphatic heterocycles. The molecule has 5 aromatic rings. The lowest BCUT2D eigenvalue weighted by Gasteiger charge is -2.28. The van der Waals surface area contributed by atoms with Gasteiger partial charge in [0.1, 0.15) is 36.2 Å².